The summed E-state index contributed by atoms with van der Waals surface area (Å²) in [5, 5.41) is 3.33. The Balaban J connectivity index is 1.61. The van der Waals surface area contributed by atoms with Gasteiger partial charge < -0.3 is 19.7 Å². The largest absolute Gasteiger partial charge is 0.493 e. The minimum Gasteiger partial charge on any atom is -0.493 e. The molecule has 9 nitrogen and oxygen atoms in total. The van der Waals surface area contributed by atoms with E-state index in [2.05, 4.69) is 10.3 Å². The smallest absolute Gasteiger partial charge is 0.410 e. The van der Waals surface area contributed by atoms with Gasteiger partial charge in [0.05, 0.1) is 12.6 Å². The molecule has 1 aliphatic rings. The van der Waals surface area contributed by atoms with Crippen molar-refractivity contribution >= 4 is 23.8 Å². The van der Waals surface area contributed by atoms with Crippen LogP contribution in [0.2, 0.25) is 0 Å². The van der Waals surface area contributed by atoms with E-state index >= 15 is 0 Å². The minimum absolute atomic E-state index is 0.0408. The maximum atomic E-state index is 14.0. The van der Waals surface area contributed by atoms with Gasteiger partial charge in [0.1, 0.15) is 17.2 Å². The van der Waals surface area contributed by atoms with E-state index in [-0.39, 0.29) is 31.1 Å². The van der Waals surface area contributed by atoms with Crippen LogP contribution in [0.1, 0.15) is 69.1 Å². The number of carbonyl (C=O) groups excluding carboxylic acids is 2. The molecule has 1 aromatic heterocycles. The first-order valence-electron chi connectivity index (χ1n) is 13.7. The van der Waals surface area contributed by atoms with Crippen LogP contribution in [0.5, 0.6) is 5.75 Å². The van der Waals surface area contributed by atoms with E-state index in [4.69, 9.17) is 14.5 Å². The van der Waals surface area contributed by atoms with Gasteiger partial charge in [-0.15, -0.1) is 0 Å². The predicted octanol–water partition coefficient (Wildman–Crippen LogP) is 5.88. The molecule has 1 N–H and O–H groups in total. The van der Waals surface area contributed by atoms with Crippen molar-refractivity contribution in [1.82, 2.24) is 14.9 Å². The summed E-state index contributed by atoms with van der Waals surface area (Å²) in [6.45, 7) is 12.5. The van der Waals surface area contributed by atoms with Crippen LogP contribution < -0.4 is 15.0 Å². The normalized spacial score (nSPS) is 13.3. The van der Waals surface area contributed by atoms with Crippen LogP contribution in [0.3, 0.4) is 0 Å². The Labute approximate surface area is 236 Å². The van der Waals surface area contributed by atoms with Crippen molar-refractivity contribution in [2.45, 2.75) is 65.6 Å². The molecule has 0 aliphatic carbocycles. The topological polar surface area (TPSA) is 96.9 Å². The number of hydrogen-bond acceptors (Lipinski definition) is 7. The Morgan fingerprint density at radius 1 is 1.05 bits per heavy atom. The molecule has 9 heteroatoms. The molecule has 2 aromatic carbocycles. The van der Waals surface area contributed by atoms with Gasteiger partial charge in [-0.25, -0.2) is 9.78 Å². The summed E-state index contributed by atoms with van der Waals surface area (Å²) in [6.07, 6.45) is 1.97. The molecule has 0 saturated heterocycles. The first-order valence-corrected chi connectivity index (χ1v) is 13.7. The monoisotopic (exact) mass is 545 g/mol. The average molecular weight is 546 g/mol. The molecule has 0 bridgehead atoms. The van der Waals surface area contributed by atoms with Crippen molar-refractivity contribution in [2.75, 3.05) is 29.9 Å². The van der Waals surface area contributed by atoms with E-state index in [1.165, 1.54) is 0 Å². The fraction of sp³-hybridized carbons (Fsp3) is 0.419. The van der Waals surface area contributed by atoms with Gasteiger partial charge >= 0.3 is 6.09 Å². The lowest BCUT2D eigenvalue weighted by molar-refractivity contribution is 0.0196. The van der Waals surface area contributed by atoms with Crippen LogP contribution in [0.25, 0.3) is 0 Å². The SMILES string of the molecule is CC(C)N(CCN(C(=O)c1ccc2c(c1)CCO2)c1ccnc(N[C@@H](C)c2ccccc2)n1)C(=O)OC(C)(C)C. The quantitative estimate of drug-likeness (QED) is 0.359. The number of benzene rings is 2. The van der Waals surface area contributed by atoms with Gasteiger partial charge in [-0.1, -0.05) is 30.3 Å². The lowest BCUT2D eigenvalue weighted by atomic mass is 10.1. The molecular weight excluding hydrogens is 506 g/mol. The Morgan fingerprint density at radius 2 is 1.80 bits per heavy atom. The van der Waals surface area contributed by atoms with E-state index in [0.717, 1.165) is 23.3 Å². The van der Waals surface area contributed by atoms with Crippen LogP contribution in [0.15, 0.2) is 60.8 Å². The fourth-order valence-corrected chi connectivity index (χ4v) is 4.47. The molecular formula is C31H39N5O4. The predicted molar refractivity (Wildman–Crippen MR) is 156 cm³/mol. The number of nitrogens with zero attached hydrogens (tertiary/aromatic N) is 4. The van der Waals surface area contributed by atoms with Crippen LogP contribution in [0.4, 0.5) is 16.6 Å². The number of aromatic nitrogens is 2. The lowest BCUT2D eigenvalue weighted by Gasteiger charge is -2.32. The molecule has 2 heterocycles. The number of ether oxygens (including phenoxy) is 2. The van der Waals surface area contributed by atoms with Crippen LogP contribution in [-0.4, -0.2) is 58.2 Å². The number of fused-ring (bicyclic) bond motifs is 1. The Kier molecular flexibility index (Phi) is 8.92. The Hall–Kier alpha value is -4.14. The zero-order chi connectivity index (χ0) is 28.9. The van der Waals surface area contributed by atoms with Gasteiger partial charge in [-0.3, -0.25) is 9.69 Å². The highest BCUT2D eigenvalue weighted by molar-refractivity contribution is 6.06. The van der Waals surface area contributed by atoms with Gasteiger partial charge in [0, 0.05) is 37.3 Å². The zero-order valence-corrected chi connectivity index (χ0v) is 24.2. The van der Waals surface area contributed by atoms with Gasteiger partial charge in [0.15, 0.2) is 0 Å². The average Bonchev–Trinajstić information content (AvgIpc) is 3.38. The van der Waals surface area contributed by atoms with Gasteiger partial charge in [-0.2, -0.15) is 4.98 Å². The van der Waals surface area contributed by atoms with Gasteiger partial charge in [0.2, 0.25) is 5.95 Å². The van der Waals surface area contributed by atoms with E-state index in [1.807, 2.05) is 84.0 Å². The molecule has 1 aliphatic heterocycles. The number of rotatable bonds is 9. The molecule has 0 fully saturated rings. The number of hydrogen-bond donors (Lipinski definition) is 1. The number of amides is 2. The van der Waals surface area contributed by atoms with Gasteiger partial charge in [0.25, 0.3) is 5.91 Å². The molecule has 2 amide bonds. The first kappa shape index (κ1) is 28.9. The van der Waals surface area contributed by atoms with Crippen LogP contribution in [-0.2, 0) is 11.2 Å². The summed E-state index contributed by atoms with van der Waals surface area (Å²) in [7, 11) is 0. The van der Waals surface area contributed by atoms with Crippen molar-refractivity contribution in [3.05, 3.63) is 77.5 Å². The van der Waals surface area contributed by atoms with Crippen LogP contribution >= 0.6 is 0 Å². The summed E-state index contributed by atoms with van der Waals surface area (Å²) < 4.78 is 11.3. The molecule has 212 valence electrons. The summed E-state index contributed by atoms with van der Waals surface area (Å²) in [5.74, 6) is 1.43. The number of carbonyl (C=O) groups is 2. The maximum Gasteiger partial charge on any atom is 0.410 e. The Morgan fingerprint density at radius 3 is 2.50 bits per heavy atom. The second-order valence-electron chi connectivity index (χ2n) is 11.2. The molecule has 4 rings (SSSR count). The number of anilines is 2. The highest BCUT2D eigenvalue weighted by Crippen LogP contribution is 2.27. The first-order chi connectivity index (χ1) is 19.0. The van der Waals surface area contributed by atoms with Gasteiger partial charge in [-0.05, 0) is 76.9 Å². The third kappa shape index (κ3) is 7.28. The van der Waals surface area contributed by atoms with Crippen LogP contribution in [0, 0.1) is 0 Å². The lowest BCUT2D eigenvalue weighted by Crippen LogP contribution is -2.46. The second-order valence-corrected chi connectivity index (χ2v) is 11.2. The summed E-state index contributed by atoms with van der Waals surface area (Å²) in [4.78, 5) is 39.3. The summed E-state index contributed by atoms with van der Waals surface area (Å²) in [6, 6.07) is 17.0. The van der Waals surface area contributed by atoms with E-state index in [9.17, 15) is 9.59 Å². The third-order valence-corrected chi connectivity index (χ3v) is 6.56. The van der Waals surface area contributed by atoms with Crippen molar-refractivity contribution in [3.63, 3.8) is 0 Å². The van der Waals surface area contributed by atoms with E-state index in [0.29, 0.717) is 23.9 Å². The maximum absolute atomic E-state index is 14.0. The molecule has 0 saturated carbocycles. The molecule has 0 spiro atoms. The van der Waals surface area contributed by atoms with Crippen molar-refractivity contribution in [3.8, 4) is 5.75 Å². The van der Waals surface area contributed by atoms with Crippen molar-refractivity contribution < 1.29 is 19.1 Å². The van der Waals surface area contributed by atoms with Crippen molar-refractivity contribution in [2.24, 2.45) is 0 Å². The molecule has 40 heavy (non-hydrogen) atoms. The van der Waals surface area contributed by atoms with E-state index in [1.54, 1.807) is 28.1 Å². The molecule has 3 aromatic rings. The standard InChI is InChI=1S/C31H39N5O4/c1-21(2)35(30(38)40-31(4,5)6)17-18-36(28(37)25-12-13-26-24(20-25)15-19-39-26)27-14-16-32-29(34-27)33-22(3)23-10-8-7-9-11-23/h7-14,16,20-22H,15,17-19H2,1-6H3,(H,32,33,34)/t22-/m0/s1. The molecule has 0 radical (unpaired) electrons. The summed E-state index contributed by atoms with van der Waals surface area (Å²) in [5.41, 5.74) is 2.00. The second kappa shape index (κ2) is 12.4. The third-order valence-electron chi connectivity index (χ3n) is 6.56. The number of nitrogens with one attached hydrogen (secondary N) is 1. The Bertz CT molecular complexity index is 1320. The van der Waals surface area contributed by atoms with E-state index < -0.39 is 11.7 Å². The fourth-order valence-electron chi connectivity index (χ4n) is 4.47. The minimum atomic E-state index is -0.630. The highest BCUT2D eigenvalue weighted by Gasteiger charge is 2.27. The molecule has 1 atom stereocenters. The summed E-state index contributed by atoms with van der Waals surface area (Å²) >= 11 is 0. The molecule has 0 unspecified atom stereocenters. The highest BCUT2D eigenvalue weighted by atomic mass is 16.6. The van der Waals surface area contributed by atoms with Crippen molar-refractivity contribution in [1.29, 1.82) is 0 Å². The zero-order valence-electron chi connectivity index (χ0n) is 24.2.